The molecule has 0 saturated heterocycles. The molecule has 2 aromatic heterocycles. The first-order valence-corrected chi connectivity index (χ1v) is 11.2. The molecule has 0 unspecified atom stereocenters. The number of carbonyl (C=O) groups is 1. The molecule has 0 saturated carbocycles. The summed E-state index contributed by atoms with van der Waals surface area (Å²) in [5, 5.41) is 15.6. The fourth-order valence-corrected chi connectivity index (χ4v) is 4.07. The first-order valence-electron chi connectivity index (χ1n) is 11.2. The minimum Gasteiger partial charge on any atom is -0.403 e. The third kappa shape index (κ3) is 4.13. The van der Waals surface area contributed by atoms with Crippen LogP contribution < -0.4 is 5.32 Å². The molecule has 1 aliphatic rings. The van der Waals surface area contributed by atoms with Crippen molar-refractivity contribution in [2.75, 3.05) is 5.32 Å². The number of ketones is 1. The summed E-state index contributed by atoms with van der Waals surface area (Å²) >= 11 is 0. The van der Waals surface area contributed by atoms with Crippen LogP contribution in [0.5, 0.6) is 0 Å². The van der Waals surface area contributed by atoms with Crippen LogP contribution in [0, 0.1) is 0 Å². The summed E-state index contributed by atoms with van der Waals surface area (Å²) in [7, 11) is 0. The van der Waals surface area contributed by atoms with E-state index in [0.29, 0.717) is 11.5 Å². The summed E-state index contributed by atoms with van der Waals surface area (Å²) in [5.74, 6) is 0.214. The molecule has 1 atom stereocenters. The molecule has 0 fully saturated rings. The minimum atomic E-state index is -0.863. The van der Waals surface area contributed by atoms with Gasteiger partial charge in [-0.25, -0.2) is 4.68 Å². The fraction of sp³-hybridized carbons (Fsp3) is 0.0741. The van der Waals surface area contributed by atoms with Crippen LogP contribution >= 0.6 is 0 Å². The fourth-order valence-electron chi connectivity index (χ4n) is 4.07. The first-order chi connectivity index (χ1) is 17.2. The van der Waals surface area contributed by atoms with E-state index in [1.165, 1.54) is 0 Å². The lowest BCUT2D eigenvalue weighted by molar-refractivity contribution is -0.119. The molecule has 0 aliphatic carbocycles. The number of para-hydroxylation sites is 1. The number of hydrogen-bond donors (Lipinski definition) is 1. The Morgan fingerprint density at radius 3 is 2.43 bits per heavy atom. The Hall–Kier alpha value is -4.85. The Morgan fingerprint density at radius 1 is 0.857 bits per heavy atom. The van der Waals surface area contributed by atoms with Gasteiger partial charge in [0.15, 0.2) is 11.9 Å². The second kappa shape index (κ2) is 8.83. The highest BCUT2D eigenvalue weighted by molar-refractivity contribution is 6.16. The quantitative estimate of drug-likeness (QED) is 0.419. The smallest absolute Gasteiger partial charge is 0.317 e. The average molecular weight is 460 g/mol. The maximum atomic E-state index is 13.1. The number of hydrogen-bond acceptors (Lipinski definition) is 7. The van der Waals surface area contributed by atoms with Gasteiger partial charge < -0.3 is 9.73 Å². The number of carbonyl (C=O) groups excluding carboxylic acids is 1. The van der Waals surface area contributed by atoms with Crippen molar-refractivity contribution in [3.05, 3.63) is 114 Å². The van der Waals surface area contributed by atoms with Crippen LogP contribution in [0.4, 0.5) is 6.01 Å². The van der Waals surface area contributed by atoms with E-state index in [4.69, 9.17) is 9.41 Å². The number of nitrogens with zero attached hydrogens (tertiary/aromatic N) is 5. The molecule has 8 heteroatoms. The molecule has 0 radical (unpaired) electrons. The van der Waals surface area contributed by atoms with Gasteiger partial charge in [0.05, 0.1) is 23.2 Å². The van der Waals surface area contributed by atoms with E-state index in [2.05, 4.69) is 20.6 Å². The lowest BCUT2D eigenvalue weighted by atomic mass is 9.96. The number of fused-ring (bicyclic) bond motifs is 1. The van der Waals surface area contributed by atoms with E-state index in [9.17, 15) is 4.79 Å². The number of anilines is 1. The summed E-state index contributed by atoms with van der Waals surface area (Å²) in [4.78, 5) is 17.9. The molecule has 3 aromatic carbocycles. The largest absolute Gasteiger partial charge is 0.403 e. The van der Waals surface area contributed by atoms with Gasteiger partial charge in [-0.1, -0.05) is 77.9 Å². The number of rotatable bonds is 5. The second-order valence-electron chi connectivity index (χ2n) is 8.11. The van der Waals surface area contributed by atoms with E-state index < -0.39 is 6.17 Å². The zero-order valence-electron chi connectivity index (χ0n) is 18.6. The summed E-state index contributed by atoms with van der Waals surface area (Å²) < 4.78 is 7.55. The van der Waals surface area contributed by atoms with Crippen LogP contribution in [-0.4, -0.2) is 37.6 Å². The maximum Gasteiger partial charge on any atom is 0.317 e. The van der Waals surface area contributed by atoms with Crippen molar-refractivity contribution in [1.82, 2.24) is 20.0 Å². The molecule has 0 amide bonds. The Labute approximate surface area is 201 Å². The predicted octanol–water partition coefficient (Wildman–Crippen LogP) is 4.32. The zero-order valence-corrected chi connectivity index (χ0v) is 18.6. The zero-order chi connectivity index (χ0) is 23.6. The van der Waals surface area contributed by atoms with Crippen molar-refractivity contribution in [3.8, 4) is 17.1 Å². The monoisotopic (exact) mass is 460 g/mol. The number of benzene rings is 3. The number of aliphatic imine (C=N–C) groups is 1. The van der Waals surface area contributed by atoms with Gasteiger partial charge in [0.2, 0.25) is 0 Å². The molecule has 3 heterocycles. The lowest BCUT2D eigenvalue weighted by Crippen LogP contribution is -2.29. The summed E-state index contributed by atoms with van der Waals surface area (Å²) in [6.07, 6.45) is 2.85. The number of Topliss-reactive ketones (excluding diaryl/α,β-unsaturated/α-hetero) is 1. The van der Waals surface area contributed by atoms with E-state index in [1.54, 1.807) is 10.9 Å². The Kier molecular flexibility index (Phi) is 5.23. The second-order valence-corrected chi connectivity index (χ2v) is 8.11. The Morgan fingerprint density at radius 2 is 1.60 bits per heavy atom. The van der Waals surface area contributed by atoms with Crippen molar-refractivity contribution < 1.29 is 9.21 Å². The predicted molar refractivity (Wildman–Crippen MR) is 132 cm³/mol. The average Bonchev–Trinajstić information content (AvgIpc) is 3.55. The lowest BCUT2D eigenvalue weighted by Gasteiger charge is -2.11. The summed E-state index contributed by atoms with van der Waals surface area (Å²) in [5.41, 5.74) is 5.14. The van der Waals surface area contributed by atoms with E-state index in [-0.39, 0.29) is 18.2 Å². The molecule has 1 aliphatic heterocycles. The van der Waals surface area contributed by atoms with Gasteiger partial charge in [-0.2, -0.15) is 5.10 Å². The third-order valence-corrected chi connectivity index (χ3v) is 5.78. The van der Waals surface area contributed by atoms with E-state index in [1.807, 2.05) is 91.1 Å². The molecule has 6 rings (SSSR count). The Balaban J connectivity index is 1.30. The van der Waals surface area contributed by atoms with Crippen LogP contribution in [-0.2, 0) is 11.2 Å². The van der Waals surface area contributed by atoms with E-state index >= 15 is 0 Å². The van der Waals surface area contributed by atoms with Crippen LogP contribution in [0.3, 0.4) is 0 Å². The molecule has 170 valence electrons. The SMILES string of the molecule is O=C1Cc2ccccc2C(c2ccccc2)=N[C@@H]1Nc1nnc(-c2cnn(-c3ccccc3)c2)o1. The summed E-state index contributed by atoms with van der Waals surface area (Å²) in [6.45, 7) is 0. The van der Waals surface area contributed by atoms with Gasteiger partial charge in [-0.05, 0) is 17.7 Å². The minimum absolute atomic E-state index is 0.0833. The third-order valence-electron chi connectivity index (χ3n) is 5.78. The van der Waals surface area contributed by atoms with Gasteiger partial charge in [0.1, 0.15) is 0 Å². The van der Waals surface area contributed by atoms with Crippen LogP contribution in [0.25, 0.3) is 17.1 Å². The van der Waals surface area contributed by atoms with Crippen LogP contribution in [0.15, 0.2) is 107 Å². The highest BCUT2D eigenvalue weighted by Crippen LogP contribution is 2.24. The summed E-state index contributed by atoms with van der Waals surface area (Å²) in [6, 6.07) is 27.5. The molecular weight excluding hydrogens is 440 g/mol. The van der Waals surface area contributed by atoms with Crippen molar-refractivity contribution in [1.29, 1.82) is 0 Å². The topological polar surface area (TPSA) is 98.2 Å². The van der Waals surface area contributed by atoms with Crippen LogP contribution in [0.2, 0.25) is 0 Å². The highest BCUT2D eigenvalue weighted by atomic mass is 16.4. The van der Waals surface area contributed by atoms with Gasteiger partial charge in [0.25, 0.3) is 5.89 Å². The normalized spacial score (nSPS) is 15.3. The maximum absolute atomic E-state index is 13.1. The number of aromatic nitrogens is 4. The molecule has 35 heavy (non-hydrogen) atoms. The molecule has 8 nitrogen and oxygen atoms in total. The molecule has 1 N–H and O–H groups in total. The van der Waals surface area contributed by atoms with Gasteiger partial charge in [-0.15, -0.1) is 5.10 Å². The number of nitrogens with one attached hydrogen (secondary N) is 1. The van der Waals surface area contributed by atoms with Gasteiger partial charge in [0, 0.05) is 23.7 Å². The van der Waals surface area contributed by atoms with Gasteiger partial charge >= 0.3 is 6.01 Å². The van der Waals surface area contributed by atoms with Crippen molar-refractivity contribution in [2.45, 2.75) is 12.6 Å². The molecular formula is C27H20N6O2. The molecule has 0 bridgehead atoms. The molecule has 0 spiro atoms. The van der Waals surface area contributed by atoms with E-state index in [0.717, 1.165) is 28.1 Å². The van der Waals surface area contributed by atoms with Crippen molar-refractivity contribution in [2.24, 2.45) is 4.99 Å². The van der Waals surface area contributed by atoms with Gasteiger partial charge in [-0.3, -0.25) is 9.79 Å². The Bertz CT molecular complexity index is 1520. The van der Waals surface area contributed by atoms with Crippen LogP contribution in [0.1, 0.15) is 16.7 Å². The van der Waals surface area contributed by atoms with Crippen molar-refractivity contribution >= 4 is 17.5 Å². The molecule has 5 aromatic rings. The highest BCUT2D eigenvalue weighted by Gasteiger charge is 2.27. The standard InChI is InChI=1S/C27H20N6O2/c34-23-15-19-11-7-8-14-22(19)24(18-9-3-1-4-10-18)29-25(23)30-27-32-31-26(35-27)20-16-28-33(17-20)21-12-5-2-6-13-21/h1-14,16-17,25H,15H2,(H,30,32)/t25-/m1/s1. The van der Waals surface area contributed by atoms with Crippen molar-refractivity contribution in [3.63, 3.8) is 0 Å². The first kappa shape index (κ1) is 20.7.